The number of aryl methyl sites for hydroxylation is 1. The average molecular weight is 173 g/mol. The Bertz CT molecular complexity index is 260. The summed E-state index contributed by atoms with van der Waals surface area (Å²) in [6.07, 6.45) is 2.81. The van der Waals surface area contributed by atoms with Gasteiger partial charge >= 0.3 is 5.82 Å². The molecule has 0 bridgehead atoms. The minimum Gasteiger partial charge on any atom is -0.358 e. The number of aromatic nitrogens is 2. The molecule has 60 valence electrons. The monoisotopic (exact) mass is 173 g/mol. The molecule has 5 nitrogen and oxygen atoms in total. The second kappa shape index (κ2) is 3.38. The summed E-state index contributed by atoms with van der Waals surface area (Å²) in [6.45, 7) is 0.643. The van der Waals surface area contributed by atoms with E-state index in [2.05, 4.69) is 17.6 Å². The lowest BCUT2D eigenvalue weighted by Gasteiger charge is -1.91. The largest absolute Gasteiger partial charge is 0.381 e. The summed E-state index contributed by atoms with van der Waals surface area (Å²) in [4.78, 5) is 13.2. The molecule has 6 heteroatoms. The van der Waals surface area contributed by atoms with Crippen LogP contribution in [-0.2, 0) is 6.54 Å². The van der Waals surface area contributed by atoms with Crippen molar-refractivity contribution in [2.45, 2.75) is 6.54 Å². The Morgan fingerprint density at radius 1 is 1.82 bits per heavy atom. The third-order valence-corrected chi connectivity index (χ3v) is 1.36. The van der Waals surface area contributed by atoms with Gasteiger partial charge in [-0.05, 0) is 9.91 Å². The van der Waals surface area contributed by atoms with Crippen molar-refractivity contribution in [3.05, 3.63) is 22.6 Å². The van der Waals surface area contributed by atoms with Crippen molar-refractivity contribution in [3.8, 4) is 0 Å². The SMILES string of the molecule is O=[N+]([O-])c1cn(CCS)cn1. The molecular weight excluding hydrogens is 166 g/mol. The third-order valence-electron chi connectivity index (χ3n) is 1.16. The molecule has 0 spiro atoms. The van der Waals surface area contributed by atoms with Crippen LogP contribution < -0.4 is 0 Å². The number of thiol groups is 1. The molecule has 0 fully saturated rings. The molecule has 0 saturated carbocycles. The van der Waals surface area contributed by atoms with Crippen molar-refractivity contribution >= 4 is 18.4 Å². The van der Waals surface area contributed by atoms with Crippen LogP contribution in [0.15, 0.2) is 12.5 Å². The maximum absolute atomic E-state index is 10.1. The molecule has 0 radical (unpaired) electrons. The van der Waals surface area contributed by atoms with Crippen LogP contribution in [0.25, 0.3) is 0 Å². The summed E-state index contributed by atoms with van der Waals surface area (Å²) in [5.41, 5.74) is 0. The molecular formula is C5H7N3O2S. The van der Waals surface area contributed by atoms with Crippen molar-refractivity contribution in [2.24, 2.45) is 0 Å². The predicted molar refractivity (Wildman–Crippen MR) is 42.7 cm³/mol. The quantitative estimate of drug-likeness (QED) is 0.416. The van der Waals surface area contributed by atoms with Crippen LogP contribution in [0.1, 0.15) is 0 Å². The molecule has 1 heterocycles. The molecule has 0 saturated heterocycles. The van der Waals surface area contributed by atoms with Gasteiger partial charge in [-0.25, -0.2) is 0 Å². The normalized spacial score (nSPS) is 9.91. The van der Waals surface area contributed by atoms with E-state index in [4.69, 9.17) is 0 Å². The van der Waals surface area contributed by atoms with Crippen LogP contribution in [0.5, 0.6) is 0 Å². The fourth-order valence-corrected chi connectivity index (χ4v) is 0.911. The summed E-state index contributed by atoms with van der Waals surface area (Å²) in [6, 6.07) is 0. The third kappa shape index (κ3) is 1.94. The van der Waals surface area contributed by atoms with Crippen molar-refractivity contribution in [1.82, 2.24) is 9.55 Å². The smallest absolute Gasteiger partial charge is 0.358 e. The first-order chi connectivity index (χ1) is 5.24. The summed E-state index contributed by atoms with van der Waals surface area (Å²) in [5.74, 6) is 0.528. The van der Waals surface area contributed by atoms with Crippen molar-refractivity contribution in [1.29, 1.82) is 0 Å². The lowest BCUT2D eigenvalue weighted by atomic mass is 10.7. The van der Waals surface area contributed by atoms with Crippen molar-refractivity contribution in [3.63, 3.8) is 0 Å². The van der Waals surface area contributed by atoms with Gasteiger partial charge in [0.1, 0.15) is 6.20 Å². The summed E-state index contributed by atoms with van der Waals surface area (Å²) < 4.78 is 1.63. The van der Waals surface area contributed by atoms with Gasteiger partial charge in [-0.15, -0.1) is 0 Å². The highest BCUT2D eigenvalue weighted by Gasteiger charge is 2.07. The van der Waals surface area contributed by atoms with Gasteiger partial charge in [-0.3, -0.25) is 0 Å². The van der Waals surface area contributed by atoms with Crippen LogP contribution in [0.4, 0.5) is 5.82 Å². The van der Waals surface area contributed by atoms with Crippen LogP contribution >= 0.6 is 12.6 Å². The molecule has 1 aromatic rings. The topological polar surface area (TPSA) is 61.0 Å². The van der Waals surface area contributed by atoms with E-state index in [1.165, 1.54) is 12.5 Å². The van der Waals surface area contributed by atoms with E-state index in [0.717, 1.165) is 0 Å². The van der Waals surface area contributed by atoms with Crippen LogP contribution in [0.2, 0.25) is 0 Å². The van der Waals surface area contributed by atoms with E-state index >= 15 is 0 Å². The first-order valence-corrected chi connectivity index (χ1v) is 3.64. The van der Waals surface area contributed by atoms with E-state index in [9.17, 15) is 10.1 Å². The Balaban J connectivity index is 2.73. The first-order valence-electron chi connectivity index (χ1n) is 3.01. The number of nitro groups is 1. The molecule has 0 atom stereocenters. The maximum atomic E-state index is 10.1. The maximum Gasteiger partial charge on any atom is 0.381 e. The van der Waals surface area contributed by atoms with Crippen molar-refractivity contribution in [2.75, 3.05) is 5.75 Å². The highest BCUT2D eigenvalue weighted by atomic mass is 32.1. The zero-order chi connectivity index (χ0) is 8.27. The lowest BCUT2D eigenvalue weighted by molar-refractivity contribution is -0.389. The fraction of sp³-hybridized carbons (Fsp3) is 0.400. The van der Waals surface area contributed by atoms with Gasteiger partial charge in [0.25, 0.3) is 0 Å². The Kier molecular flexibility index (Phi) is 2.48. The van der Waals surface area contributed by atoms with E-state index < -0.39 is 4.92 Å². The van der Waals surface area contributed by atoms with Gasteiger partial charge < -0.3 is 14.7 Å². The number of nitrogens with zero attached hydrogens (tertiary/aromatic N) is 3. The molecule has 1 rings (SSSR count). The second-order valence-corrected chi connectivity index (χ2v) is 2.40. The Morgan fingerprint density at radius 3 is 3.00 bits per heavy atom. The van der Waals surface area contributed by atoms with Gasteiger partial charge in [0.15, 0.2) is 0 Å². The second-order valence-electron chi connectivity index (χ2n) is 1.95. The Hall–Kier alpha value is -1.04. The van der Waals surface area contributed by atoms with Gasteiger partial charge in [-0.2, -0.15) is 12.6 Å². The predicted octanol–water partition coefficient (Wildman–Crippen LogP) is 0.721. The van der Waals surface area contributed by atoms with E-state index in [1.807, 2.05) is 0 Å². The Morgan fingerprint density at radius 2 is 2.55 bits per heavy atom. The molecule has 0 unspecified atom stereocenters. The van der Waals surface area contributed by atoms with E-state index in [1.54, 1.807) is 4.57 Å². The van der Waals surface area contributed by atoms with E-state index in [-0.39, 0.29) is 5.82 Å². The fourth-order valence-electron chi connectivity index (χ4n) is 0.680. The molecule has 0 aromatic carbocycles. The van der Waals surface area contributed by atoms with E-state index in [0.29, 0.717) is 12.3 Å². The number of hydrogen-bond donors (Lipinski definition) is 1. The molecule has 0 aliphatic rings. The van der Waals surface area contributed by atoms with Crippen molar-refractivity contribution < 1.29 is 4.92 Å². The summed E-state index contributed by atoms with van der Waals surface area (Å²) in [5, 5.41) is 10.1. The zero-order valence-electron chi connectivity index (χ0n) is 5.67. The van der Waals surface area contributed by atoms with Gasteiger partial charge in [0.2, 0.25) is 6.33 Å². The van der Waals surface area contributed by atoms with Gasteiger partial charge in [0, 0.05) is 12.3 Å². The minimum absolute atomic E-state index is 0.119. The standard InChI is InChI=1S/C5H7N3O2S/c9-8(10)5-3-7(1-2-11)4-6-5/h3-4,11H,1-2H2. The Labute approximate surface area is 68.6 Å². The summed E-state index contributed by atoms with van der Waals surface area (Å²) >= 11 is 3.97. The molecule has 0 N–H and O–H groups in total. The number of imidazole rings is 1. The lowest BCUT2D eigenvalue weighted by Crippen LogP contribution is -1.94. The van der Waals surface area contributed by atoms with Crippen LogP contribution in [0, 0.1) is 10.1 Å². The first kappa shape index (κ1) is 8.06. The zero-order valence-corrected chi connectivity index (χ0v) is 6.57. The number of rotatable bonds is 3. The number of hydrogen-bond acceptors (Lipinski definition) is 4. The highest BCUT2D eigenvalue weighted by molar-refractivity contribution is 7.80. The van der Waals surface area contributed by atoms with Crippen LogP contribution in [-0.4, -0.2) is 20.2 Å². The minimum atomic E-state index is -0.519. The molecule has 11 heavy (non-hydrogen) atoms. The van der Waals surface area contributed by atoms with Gasteiger partial charge in [-0.1, -0.05) is 0 Å². The molecule has 0 aliphatic heterocycles. The molecule has 1 aromatic heterocycles. The molecule has 0 amide bonds. The van der Waals surface area contributed by atoms with Gasteiger partial charge in [0.05, 0.1) is 0 Å². The average Bonchev–Trinajstić information content (AvgIpc) is 2.37. The highest BCUT2D eigenvalue weighted by Crippen LogP contribution is 2.04. The summed E-state index contributed by atoms with van der Waals surface area (Å²) in [7, 11) is 0. The molecule has 0 aliphatic carbocycles. The van der Waals surface area contributed by atoms with Crippen LogP contribution in [0.3, 0.4) is 0 Å².